The molecule has 8 heteroatoms. The second kappa shape index (κ2) is 9.56. The number of amides is 2. The van der Waals surface area contributed by atoms with Crippen molar-refractivity contribution in [2.45, 2.75) is 25.3 Å². The van der Waals surface area contributed by atoms with E-state index in [1.165, 1.54) is 0 Å². The molecule has 3 rings (SSSR count). The van der Waals surface area contributed by atoms with Crippen molar-refractivity contribution in [3.63, 3.8) is 0 Å². The highest BCUT2D eigenvalue weighted by Crippen LogP contribution is 2.37. The minimum absolute atomic E-state index is 0.0592. The molecule has 0 radical (unpaired) electrons. The summed E-state index contributed by atoms with van der Waals surface area (Å²) in [6, 6.07) is 8.26. The van der Waals surface area contributed by atoms with Crippen molar-refractivity contribution in [1.29, 1.82) is 0 Å². The molecule has 0 saturated carbocycles. The Morgan fingerprint density at radius 3 is 2.57 bits per heavy atom. The standard InChI is InChI=1S/C22H24F2N2O4/c1-29-19-8-5-14(12-20(19)30-2)18-4-3-11-26(18)21(27)9-10-25-22(28)16-7-6-15(23)13-17(16)24/h5-8,12-13,18H,3-4,9-11H2,1-2H3,(H,25,28). The fraction of sp³-hybridized carbons (Fsp3) is 0.364. The Labute approximate surface area is 173 Å². The number of benzene rings is 2. The number of methoxy groups -OCH3 is 2. The second-order valence-corrected chi connectivity index (χ2v) is 6.99. The van der Waals surface area contributed by atoms with Crippen LogP contribution in [0.2, 0.25) is 0 Å². The fourth-order valence-corrected chi connectivity index (χ4v) is 3.67. The van der Waals surface area contributed by atoms with Gasteiger partial charge in [-0.25, -0.2) is 8.78 Å². The van der Waals surface area contributed by atoms with Crippen molar-refractivity contribution in [3.05, 3.63) is 59.2 Å². The van der Waals surface area contributed by atoms with Crippen molar-refractivity contribution in [1.82, 2.24) is 10.2 Å². The largest absolute Gasteiger partial charge is 0.493 e. The number of likely N-dealkylation sites (tertiary alicyclic amines) is 1. The van der Waals surface area contributed by atoms with Gasteiger partial charge in [0.1, 0.15) is 11.6 Å². The van der Waals surface area contributed by atoms with Crippen LogP contribution in [0.3, 0.4) is 0 Å². The average molecular weight is 418 g/mol. The quantitative estimate of drug-likeness (QED) is 0.748. The van der Waals surface area contributed by atoms with Gasteiger partial charge in [0.25, 0.3) is 5.91 Å². The van der Waals surface area contributed by atoms with Crippen LogP contribution in [0.15, 0.2) is 36.4 Å². The number of hydrogen-bond donors (Lipinski definition) is 1. The first-order valence-corrected chi connectivity index (χ1v) is 9.69. The molecule has 30 heavy (non-hydrogen) atoms. The molecule has 0 spiro atoms. The molecule has 1 heterocycles. The van der Waals surface area contributed by atoms with E-state index in [-0.39, 0.29) is 30.5 Å². The Morgan fingerprint density at radius 1 is 1.10 bits per heavy atom. The molecule has 0 aliphatic carbocycles. The van der Waals surface area contributed by atoms with Crippen molar-refractivity contribution in [3.8, 4) is 11.5 Å². The highest BCUT2D eigenvalue weighted by Gasteiger charge is 2.30. The van der Waals surface area contributed by atoms with Crippen molar-refractivity contribution in [2.75, 3.05) is 27.3 Å². The van der Waals surface area contributed by atoms with Crippen LogP contribution < -0.4 is 14.8 Å². The van der Waals surface area contributed by atoms with Gasteiger partial charge >= 0.3 is 0 Å². The summed E-state index contributed by atoms with van der Waals surface area (Å²) >= 11 is 0. The third-order valence-electron chi connectivity index (χ3n) is 5.17. The Kier molecular flexibility index (Phi) is 6.87. The number of hydrogen-bond acceptors (Lipinski definition) is 4. The van der Waals surface area contributed by atoms with Crippen LogP contribution in [0.25, 0.3) is 0 Å². The van der Waals surface area contributed by atoms with Gasteiger partial charge in [-0.15, -0.1) is 0 Å². The second-order valence-electron chi connectivity index (χ2n) is 6.99. The van der Waals surface area contributed by atoms with Crippen LogP contribution in [0, 0.1) is 11.6 Å². The minimum Gasteiger partial charge on any atom is -0.493 e. The van der Waals surface area contributed by atoms with E-state index in [9.17, 15) is 18.4 Å². The van der Waals surface area contributed by atoms with Crippen LogP contribution in [0.1, 0.15) is 41.2 Å². The maximum Gasteiger partial charge on any atom is 0.254 e. The Morgan fingerprint density at radius 2 is 1.87 bits per heavy atom. The lowest BCUT2D eigenvalue weighted by Gasteiger charge is -2.26. The molecule has 6 nitrogen and oxygen atoms in total. The van der Waals surface area contributed by atoms with Gasteiger partial charge in [-0.05, 0) is 42.7 Å². The maximum absolute atomic E-state index is 13.7. The molecule has 0 bridgehead atoms. The number of nitrogens with one attached hydrogen (secondary N) is 1. The number of rotatable bonds is 7. The zero-order valence-electron chi connectivity index (χ0n) is 16.9. The van der Waals surface area contributed by atoms with Crippen molar-refractivity contribution >= 4 is 11.8 Å². The van der Waals surface area contributed by atoms with E-state index in [1.54, 1.807) is 19.1 Å². The first-order chi connectivity index (χ1) is 14.4. The molecule has 1 fully saturated rings. The zero-order chi connectivity index (χ0) is 21.7. The van der Waals surface area contributed by atoms with E-state index < -0.39 is 17.5 Å². The van der Waals surface area contributed by atoms with Crippen LogP contribution in [0.5, 0.6) is 11.5 Å². The van der Waals surface area contributed by atoms with E-state index in [4.69, 9.17) is 9.47 Å². The third kappa shape index (κ3) is 4.69. The van der Waals surface area contributed by atoms with Gasteiger partial charge in [-0.1, -0.05) is 6.07 Å². The number of nitrogens with zero attached hydrogens (tertiary/aromatic N) is 1. The number of ether oxygens (including phenoxy) is 2. The Bertz CT molecular complexity index is 935. The molecule has 1 unspecified atom stereocenters. The van der Waals surface area contributed by atoms with E-state index in [2.05, 4.69) is 5.32 Å². The van der Waals surface area contributed by atoms with Gasteiger partial charge in [0.05, 0.1) is 25.8 Å². The summed E-state index contributed by atoms with van der Waals surface area (Å²) in [7, 11) is 3.13. The summed E-state index contributed by atoms with van der Waals surface area (Å²) < 4.78 is 37.3. The lowest BCUT2D eigenvalue weighted by atomic mass is 10.0. The van der Waals surface area contributed by atoms with Gasteiger partial charge < -0.3 is 19.7 Å². The van der Waals surface area contributed by atoms with Crippen LogP contribution in [-0.4, -0.2) is 44.0 Å². The number of carbonyl (C=O) groups is 2. The first-order valence-electron chi connectivity index (χ1n) is 9.69. The van der Waals surface area contributed by atoms with Crippen LogP contribution >= 0.6 is 0 Å². The minimum atomic E-state index is -0.938. The molecule has 2 aromatic carbocycles. The summed E-state index contributed by atoms with van der Waals surface area (Å²) in [6.07, 6.45) is 1.78. The van der Waals surface area contributed by atoms with Crippen molar-refractivity contribution < 1.29 is 27.8 Å². The average Bonchev–Trinajstić information content (AvgIpc) is 3.23. The molecular weight excluding hydrogens is 394 g/mol. The van der Waals surface area contributed by atoms with Crippen LogP contribution in [-0.2, 0) is 4.79 Å². The van der Waals surface area contributed by atoms with Gasteiger partial charge in [0, 0.05) is 25.6 Å². The lowest BCUT2D eigenvalue weighted by Crippen LogP contribution is -2.34. The molecule has 0 aromatic heterocycles. The van der Waals surface area contributed by atoms with E-state index >= 15 is 0 Å². The first kappa shape index (κ1) is 21.5. The third-order valence-corrected chi connectivity index (χ3v) is 5.17. The summed E-state index contributed by atoms with van der Waals surface area (Å²) in [5.41, 5.74) is 0.698. The smallest absolute Gasteiger partial charge is 0.254 e. The highest BCUT2D eigenvalue weighted by molar-refractivity contribution is 5.94. The molecule has 160 valence electrons. The SMILES string of the molecule is COc1ccc(C2CCCN2C(=O)CCNC(=O)c2ccc(F)cc2F)cc1OC. The Balaban J connectivity index is 1.60. The van der Waals surface area contributed by atoms with Gasteiger partial charge in [-0.2, -0.15) is 0 Å². The van der Waals surface area contributed by atoms with Gasteiger partial charge in [0.2, 0.25) is 5.91 Å². The summed E-state index contributed by atoms with van der Waals surface area (Å²) in [4.78, 5) is 26.6. The molecule has 1 saturated heterocycles. The molecule has 1 atom stereocenters. The van der Waals surface area contributed by atoms with Gasteiger partial charge in [-0.3, -0.25) is 9.59 Å². The lowest BCUT2D eigenvalue weighted by molar-refractivity contribution is -0.132. The van der Waals surface area contributed by atoms with E-state index in [1.807, 2.05) is 18.2 Å². The molecule has 2 amide bonds. The molecular formula is C22H24F2N2O4. The predicted molar refractivity (Wildman–Crippen MR) is 107 cm³/mol. The number of carbonyl (C=O) groups excluding carboxylic acids is 2. The highest BCUT2D eigenvalue weighted by atomic mass is 19.1. The normalized spacial score (nSPS) is 15.7. The van der Waals surface area contributed by atoms with Gasteiger partial charge in [0.15, 0.2) is 11.5 Å². The maximum atomic E-state index is 13.7. The fourth-order valence-electron chi connectivity index (χ4n) is 3.67. The zero-order valence-corrected chi connectivity index (χ0v) is 16.9. The Hall–Kier alpha value is -3.16. The molecule has 2 aromatic rings. The predicted octanol–water partition coefficient (Wildman–Crippen LogP) is 3.47. The summed E-state index contributed by atoms with van der Waals surface area (Å²) in [6.45, 7) is 0.683. The van der Waals surface area contributed by atoms with Crippen LogP contribution in [0.4, 0.5) is 8.78 Å². The summed E-state index contributed by atoms with van der Waals surface area (Å²) in [5.74, 6) is -1.26. The molecule has 1 N–H and O–H groups in total. The number of halogens is 2. The monoisotopic (exact) mass is 418 g/mol. The van der Waals surface area contributed by atoms with E-state index in [0.29, 0.717) is 24.1 Å². The molecule has 1 aliphatic heterocycles. The van der Waals surface area contributed by atoms with Crippen molar-refractivity contribution in [2.24, 2.45) is 0 Å². The molecule has 1 aliphatic rings. The van der Waals surface area contributed by atoms with E-state index in [0.717, 1.165) is 30.5 Å². The summed E-state index contributed by atoms with van der Waals surface area (Å²) in [5, 5.41) is 2.52. The topological polar surface area (TPSA) is 67.9 Å².